The van der Waals surface area contributed by atoms with Gasteiger partial charge >= 0.3 is 12.0 Å². The van der Waals surface area contributed by atoms with Crippen molar-refractivity contribution in [3.8, 4) is 0 Å². The van der Waals surface area contributed by atoms with Crippen molar-refractivity contribution in [1.82, 2.24) is 20.4 Å². The van der Waals surface area contributed by atoms with E-state index in [1.807, 2.05) is 13.1 Å². The number of aromatic nitrogens is 2. The molecule has 0 radical (unpaired) electrons. The summed E-state index contributed by atoms with van der Waals surface area (Å²) in [5.74, 6) is -0.820. The van der Waals surface area contributed by atoms with Crippen molar-refractivity contribution in [1.29, 1.82) is 0 Å². The third-order valence-electron chi connectivity index (χ3n) is 3.94. The number of carboxylic acid groups (broad SMARTS) is 1. The van der Waals surface area contributed by atoms with Gasteiger partial charge in [0, 0.05) is 38.4 Å². The van der Waals surface area contributed by atoms with Crippen molar-refractivity contribution in [2.45, 2.75) is 25.7 Å². The third kappa shape index (κ3) is 3.09. The van der Waals surface area contributed by atoms with E-state index >= 15 is 0 Å². The van der Waals surface area contributed by atoms with Crippen molar-refractivity contribution in [2.75, 3.05) is 13.1 Å². The fourth-order valence-electron chi connectivity index (χ4n) is 2.33. The highest BCUT2D eigenvalue weighted by atomic mass is 16.4. The van der Waals surface area contributed by atoms with E-state index in [0.29, 0.717) is 25.8 Å². The minimum Gasteiger partial charge on any atom is -0.481 e. The van der Waals surface area contributed by atoms with E-state index in [4.69, 9.17) is 5.11 Å². The Balaban J connectivity index is 1.68. The summed E-state index contributed by atoms with van der Waals surface area (Å²) < 4.78 is 1.76. The molecule has 7 nitrogen and oxygen atoms in total. The lowest BCUT2D eigenvalue weighted by atomic mass is 9.69. The number of nitrogens with one attached hydrogen (secondary N) is 2. The summed E-state index contributed by atoms with van der Waals surface area (Å²) in [6, 6.07) is 1.58. The number of carbonyl (C=O) groups excluding carboxylic acids is 1. The minimum absolute atomic E-state index is 0.194. The number of aryl methyl sites for hydroxylation is 1. The molecule has 0 aromatic carbocycles. The van der Waals surface area contributed by atoms with Gasteiger partial charge in [-0.2, -0.15) is 5.10 Å². The molecule has 20 heavy (non-hydrogen) atoms. The third-order valence-corrected chi connectivity index (χ3v) is 3.94. The molecule has 1 aromatic rings. The molecule has 1 aliphatic carbocycles. The number of hydrogen-bond acceptors (Lipinski definition) is 3. The Labute approximate surface area is 117 Å². The Bertz CT molecular complexity index is 494. The van der Waals surface area contributed by atoms with Gasteiger partial charge in [-0.15, -0.1) is 0 Å². The molecule has 0 aliphatic heterocycles. The Morgan fingerprint density at radius 3 is 2.70 bits per heavy atom. The molecule has 1 aliphatic rings. The lowest BCUT2D eigenvalue weighted by Crippen LogP contribution is -2.49. The van der Waals surface area contributed by atoms with E-state index < -0.39 is 11.4 Å². The molecule has 0 bridgehead atoms. The Morgan fingerprint density at radius 2 is 2.20 bits per heavy atom. The number of nitrogens with zero attached hydrogens (tertiary/aromatic N) is 2. The maximum atomic E-state index is 11.6. The lowest BCUT2D eigenvalue weighted by molar-refractivity contribution is -0.153. The predicted octanol–water partition coefficient (Wildman–Crippen LogP) is 0.517. The van der Waals surface area contributed by atoms with Crippen molar-refractivity contribution in [3.63, 3.8) is 0 Å². The second-order valence-electron chi connectivity index (χ2n) is 5.24. The molecule has 2 rings (SSSR count). The Morgan fingerprint density at radius 1 is 1.45 bits per heavy atom. The molecule has 0 atom stereocenters. The lowest BCUT2D eigenvalue weighted by Gasteiger charge is -2.37. The fraction of sp³-hybridized carbons (Fsp3) is 0.615. The number of hydrogen-bond donors (Lipinski definition) is 3. The Hall–Kier alpha value is -2.05. The number of carbonyl (C=O) groups is 2. The molecule has 2 amide bonds. The normalized spacial score (nSPS) is 16.2. The van der Waals surface area contributed by atoms with Gasteiger partial charge in [0.25, 0.3) is 0 Å². The molecule has 3 N–H and O–H groups in total. The van der Waals surface area contributed by atoms with Crippen LogP contribution in [-0.4, -0.2) is 40.0 Å². The number of amides is 2. The average molecular weight is 280 g/mol. The number of rotatable bonds is 6. The summed E-state index contributed by atoms with van der Waals surface area (Å²) in [5, 5.41) is 18.6. The zero-order valence-corrected chi connectivity index (χ0v) is 11.6. The van der Waals surface area contributed by atoms with E-state index in [-0.39, 0.29) is 12.6 Å². The SMILES string of the molecule is Cn1nccc1CCNC(=O)NCC1(C(=O)O)CCC1. The van der Waals surface area contributed by atoms with Crippen LogP contribution in [0.2, 0.25) is 0 Å². The van der Waals surface area contributed by atoms with Crippen molar-refractivity contribution in [3.05, 3.63) is 18.0 Å². The van der Waals surface area contributed by atoms with Crippen LogP contribution in [0.25, 0.3) is 0 Å². The zero-order chi connectivity index (χ0) is 14.6. The van der Waals surface area contributed by atoms with Gasteiger partial charge in [0.05, 0.1) is 5.41 Å². The molecule has 7 heteroatoms. The largest absolute Gasteiger partial charge is 0.481 e. The van der Waals surface area contributed by atoms with Crippen LogP contribution in [-0.2, 0) is 18.3 Å². The van der Waals surface area contributed by atoms with Gasteiger partial charge in [0.2, 0.25) is 0 Å². The first-order valence-corrected chi connectivity index (χ1v) is 6.75. The molecule has 0 unspecified atom stereocenters. The molecular weight excluding hydrogens is 260 g/mol. The minimum atomic E-state index is -0.820. The molecule has 1 saturated carbocycles. The highest BCUT2D eigenvalue weighted by Crippen LogP contribution is 2.40. The molecule has 1 heterocycles. The van der Waals surface area contributed by atoms with E-state index in [1.54, 1.807) is 10.9 Å². The number of carboxylic acids is 1. The summed E-state index contributed by atoms with van der Waals surface area (Å²) in [6.45, 7) is 0.686. The number of urea groups is 1. The van der Waals surface area contributed by atoms with Crippen molar-refractivity contribution >= 4 is 12.0 Å². The predicted molar refractivity (Wildman–Crippen MR) is 72.2 cm³/mol. The van der Waals surface area contributed by atoms with Crippen LogP contribution in [0.5, 0.6) is 0 Å². The van der Waals surface area contributed by atoms with E-state index in [1.165, 1.54) is 0 Å². The zero-order valence-electron chi connectivity index (χ0n) is 11.6. The van der Waals surface area contributed by atoms with E-state index in [0.717, 1.165) is 12.1 Å². The first-order chi connectivity index (χ1) is 9.53. The Kier molecular flexibility index (Phi) is 4.26. The standard InChI is InChI=1S/C13H20N4O3/c1-17-10(4-8-16-17)3-7-14-12(20)15-9-13(11(18)19)5-2-6-13/h4,8H,2-3,5-7,9H2,1H3,(H,18,19)(H2,14,15,20). The average Bonchev–Trinajstić information content (AvgIpc) is 2.73. The summed E-state index contributed by atoms with van der Waals surface area (Å²) in [5.41, 5.74) is 0.283. The van der Waals surface area contributed by atoms with Gasteiger partial charge in [-0.1, -0.05) is 6.42 Å². The van der Waals surface area contributed by atoms with Gasteiger partial charge in [0.15, 0.2) is 0 Å². The van der Waals surface area contributed by atoms with Crippen molar-refractivity contribution in [2.24, 2.45) is 12.5 Å². The monoisotopic (exact) mass is 280 g/mol. The van der Waals surface area contributed by atoms with Gasteiger partial charge in [-0.3, -0.25) is 9.48 Å². The van der Waals surface area contributed by atoms with Crippen LogP contribution in [0.4, 0.5) is 4.79 Å². The smallest absolute Gasteiger partial charge is 0.314 e. The van der Waals surface area contributed by atoms with Gasteiger partial charge in [0.1, 0.15) is 0 Å². The number of aliphatic carboxylic acids is 1. The molecule has 1 aromatic heterocycles. The first-order valence-electron chi connectivity index (χ1n) is 6.75. The summed E-state index contributed by atoms with van der Waals surface area (Å²) in [7, 11) is 1.85. The molecule has 110 valence electrons. The van der Waals surface area contributed by atoms with E-state index in [9.17, 15) is 9.59 Å². The summed E-state index contributed by atoms with van der Waals surface area (Å²) in [6.07, 6.45) is 4.59. The quantitative estimate of drug-likeness (QED) is 0.707. The first kappa shape index (κ1) is 14.4. The van der Waals surface area contributed by atoms with Crippen LogP contribution in [0.15, 0.2) is 12.3 Å². The highest BCUT2D eigenvalue weighted by Gasteiger charge is 2.44. The van der Waals surface area contributed by atoms with Gasteiger partial charge in [-0.05, 0) is 18.9 Å². The van der Waals surface area contributed by atoms with Crippen molar-refractivity contribution < 1.29 is 14.7 Å². The second-order valence-corrected chi connectivity index (χ2v) is 5.24. The molecule has 1 fully saturated rings. The maximum absolute atomic E-state index is 11.6. The van der Waals surface area contributed by atoms with Crippen LogP contribution >= 0.6 is 0 Å². The summed E-state index contributed by atoms with van der Waals surface area (Å²) in [4.78, 5) is 22.8. The molecule has 0 spiro atoms. The highest BCUT2D eigenvalue weighted by molar-refractivity contribution is 5.78. The van der Waals surface area contributed by atoms with Crippen LogP contribution in [0.3, 0.4) is 0 Å². The van der Waals surface area contributed by atoms with Crippen LogP contribution in [0.1, 0.15) is 25.0 Å². The van der Waals surface area contributed by atoms with E-state index in [2.05, 4.69) is 15.7 Å². The molecule has 0 saturated heterocycles. The van der Waals surface area contributed by atoms with Crippen LogP contribution in [0, 0.1) is 5.41 Å². The molecular formula is C13H20N4O3. The maximum Gasteiger partial charge on any atom is 0.314 e. The van der Waals surface area contributed by atoms with Crippen LogP contribution < -0.4 is 10.6 Å². The fourth-order valence-corrected chi connectivity index (χ4v) is 2.33. The van der Waals surface area contributed by atoms with Gasteiger partial charge < -0.3 is 15.7 Å². The second kappa shape index (κ2) is 5.94. The summed E-state index contributed by atoms with van der Waals surface area (Å²) >= 11 is 0. The van der Waals surface area contributed by atoms with Gasteiger partial charge in [-0.25, -0.2) is 4.79 Å². The topological polar surface area (TPSA) is 96.3 Å².